The minimum atomic E-state index is -0.168. The van der Waals surface area contributed by atoms with Crippen LogP contribution in [0, 0.1) is 11.3 Å². The highest BCUT2D eigenvalue weighted by Gasteiger charge is 2.10. The SMILES string of the molecule is N#Cc1cccc(CNC(=O)c2ccc(-c3nccc4occc34)cc2)c1. The molecule has 4 rings (SSSR count). The van der Waals surface area contributed by atoms with Crippen molar-refractivity contribution < 1.29 is 9.21 Å². The Morgan fingerprint density at radius 1 is 1.11 bits per heavy atom. The lowest BCUT2D eigenvalue weighted by Crippen LogP contribution is -2.22. The Morgan fingerprint density at radius 3 is 2.78 bits per heavy atom. The molecule has 0 saturated heterocycles. The fraction of sp³-hybridized carbons (Fsp3) is 0.0455. The van der Waals surface area contributed by atoms with Gasteiger partial charge in [-0.2, -0.15) is 5.26 Å². The fourth-order valence-electron chi connectivity index (χ4n) is 2.94. The van der Waals surface area contributed by atoms with Crippen LogP contribution in [0.15, 0.2) is 77.5 Å². The van der Waals surface area contributed by atoms with Gasteiger partial charge in [0.15, 0.2) is 0 Å². The number of nitrogens with zero attached hydrogens (tertiary/aromatic N) is 2. The number of hydrogen-bond donors (Lipinski definition) is 1. The highest BCUT2D eigenvalue weighted by atomic mass is 16.3. The Balaban J connectivity index is 1.49. The normalized spacial score (nSPS) is 10.5. The van der Waals surface area contributed by atoms with Crippen LogP contribution in [0.25, 0.3) is 22.2 Å². The number of carbonyl (C=O) groups is 1. The maximum atomic E-state index is 12.4. The second-order valence-electron chi connectivity index (χ2n) is 6.06. The number of amides is 1. The smallest absolute Gasteiger partial charge is 0.251 e. The predicted octanol–water partition coefficient (Wildman–Crippen LogP) is 4.30. The maximum Gasteiger partial charge on any atom is 0.251 e. The number of aromatic nitrogens is 1. The zero-order chi connectivity index (χ0) is 18.6. The van der Waals surface area contributed by atoms with Crippen molar-refractivity contribution in [2.24, 2.45) is 0 Å². The predicted molar refractivity (Wildman–Crippen MR) is 102 cm³/mol. The molecule has 2 heterocycles. The molecule has 5 heteroatoms. The lowest BCUT2D eigenvalue weighted by atomic mass is 10.1. The zero-order valence-corrected chi connectivity index (χ0v) is 14.3. The first kappa shape index (κ1) is 16.6. The first-order valence-corrected chi connectivity index (χ1v) is 8.44. The average molecular weight is 353 g/mol. The van der Waals surface area contributed by atoms with Gasteiger partial charge in [0.25, 0.3) is 5.91 Å². The van der Waals surface area contributed by atoms with E-state index in [1.54, 1.807) is 42.8 Å². The average Bonchev–Trinajstić information content (AvgIpc) is 3.21. The van der Waals surface area contributed by atoms with E-state index in [-0.39, 0.29) is 5.91 Å². The third-order valence-corrected chi connectivity index (χ3v) is 4.31. The molecule has 4 aromatic rings. The standard InChI is InChI=1S/C22H15N3O2/c23-13-15-2-1-3-16(12-15)14-25-22(26)18-6-4-17(5-7-18)21-19-9-11-27-20(19)8-10-24-21/h1-12H,14H2,(H,25,26). The summed E-state index contributed by atoms with van der Waals surface area (Å²) in [7, 11) is 0. The van der Waals surface area contributed by atoms with Crippen LogP contribution < -0.4 is 5.32 Å². The van der Waals surface area contributed by atoms with Gasteiger partial charge in [-0.15, -0.1) is 0 Å². The van der Waals surface area contributed by atoms with E-state index in [0.717, 1.165) is 27.8 Å². The third-order valence-electron chi connectivity index (χ3n) is 4.31. The summed E-state index contributed by atoms with van der Waals surface area (Å²) in [6.07, 6.45) is 3.34. The maximum absolute atomic E-state index is 12.4. The minimum absolute atomic E-state index is 0.168. The number of pyridine rings is 1. The molecule has 27 heavy (non-hydrogen) atoms. The van der Waals surface area contributed by atoms with E-state index in [0.29, 0.717) is 17.7 Å². The van der Waals surface area contributed by atoms with Crippen molar-refractivity contribution in [3.8, 4) is 17.3 Å². The molecule has 2 aromatic heterocycles. The summed E-state index contributed by atoms with van der Waals surface area (Å²) in [6.45, 7) is 0.367. The van der Waals surface area contributed by atoms with Crippen LogP contribution >= 0.6 is 0 Å². The van der Waals surface area contributed by atoms with Crippen molar-refractivity contribution in [1.82, 2.24) is 10.3 Å². The monoisotopic (exact) mass is 353 g/mol. The summed E-state index contributed by atoms with van der Waals surface area (Å²) in [4.78, 5) is 16.8. The molecule has 130 valence electrons. The topological polar surface area (TPSA) is 78.9 Å². The number of rotatable bonds is 4. The van der Waals surface area contributed by atoms with Gasteiger partial charge in [-0.05, 0) is 42.0 Å². The van der Waals surface area contributed by atoms with Crippen molar-refractivity contribution >= 4 is 16.9 Å². The Morgan fingerprint density at radius 2 is 1.96 bits per heavy atom. The van der Waals surface area contributed by atoms with Crippen LogP contribution in [0.4, 0.5) is 0 Å². The van der Waals surface area contributed by atoms with E-state index >= 15 is 0 Å². The Hall–Kier alpha value is -3.91. The molecular formula is C22H15N3O2. The Kier molecular flexibility index (Phi) is 4.38. The van der Waals surface area contributed by atoms with Crippen LogP contribution in [0.5, 0.6) is 0 Å². The Bertz CT molecular complexity index is 1150. The summed E-state index contributed by atoms with van der Waals surface area (Å²) >= 11 is 0. The molecule has 0 atom stereocenters. The van der Waals surface area contributed by atoms with Crippen LogP contribution in [-0.2, 0) is 6.54 Å². The van der Waals surface area contributed by atoms with Crippen LogP contribution in [-0.4, -0.2) is 10.9 Å². The van der Waals surface area contributed by atoms with Gasteiger partial charge in [0.05, 0.1) is 23.6 Å². The van der Waals surface area contributed by atoms with Gasteiger partial charge in [0.1, 0.15) is 5.58 Å². The molecule has 0 fully saturated rings. The van der Waals surface area contributed by atoms with Crippen LogP contribution in [0.1, 0.15) is 21.5 Å². The highest BCUT2D eigenvalue weighted by Crippen LogP contribution is 2.27. The molecule has 0 aliphatic carbocycles. The molecule has 1 N–H and O–H groups in total. The van der Waals surface area contributed by atoms with Gasteiger partial charge < -0.3 is 9.73 Å². The number of nitrogens with one attached hydrogen (secondary N) is 1. The summed E-state index contributed by atoms with van der Waals surface area (Å²) in [6, 6.07) is 20.3. The van der Waals surface area contributed by atoms with Gasteiger partial charge in [-0.3, -0.25) is 9.78 Å². The van der Waals surface area contributed by atoms with E-state index in [2.05, 4.69) is 16.4 Å². The molecule has 0 aliphatic heterocycles. The Labute approximate surface area is 155 Å². The molecule has 0 unspecified atom stereocenters. The van der Waals surface area contributed by atoms with E-state index in [1.165, 1.54) is 0 Å². The quantitative estimate of drug-likeness (QED) is 0.593. The number of hydrogen-bond acceptors (Lipinski definition) is 4. The van der Waals surface area contributed by atoms with Crippen molar-refractivity contribution in [2.75, 3.05) is 0 Å². The molecule has 1 amide bonds. The molecule has 0 saturated carbocycles. The van der Waals surface area contributed by atoms with Gasteiger partial charge in [-0.1, -0.05) is 24.3 Å². The fourth-order valence-corrected chi connectivity index (χ4v) is 2.94. The second-order valence-corrected chi connectivity index (χ2v) is 6.06. The van der Waals surface area contributed by atoms with E-state index in [1.807, 2.05) is 30.3 Å². The molecule has 0 aliphatic rings. The zero-order valence-electron chi connectivity index (χ0n) is 14.3. The van der Waals surface area contributed by atoms with Crippen LogP contribution in [0.3, 0.4) is 0 Å². The first-order chi connectivity index (χ1) is 13.2. The van der Waals surface area contributed by atoms with Crippen molar-refractivity contribution in [1.29, 1.82) is 5.26 Å². The van der Waals surface area contributed by atoms with Crippen molar-refractivity contribution in [2.45, 2.75) is 6.54 Å². The molecule has 0 spiro atoms. The summed E-state index contributed by atoms with van der Waals surface area (Å²) in [5.41, 5.74) is 4.54. The molecular weight excluding hydrogens is 338 g/mol. The van der Waals surface area contributed by atoms with Gasteiger partial charge >= 0.3 is 0 Å². The summed E-state index contributed by atoms with van der Waals surface area (Å²) in [5, 5.41) is 12.8. The van der Waals surface area contributed by atoms with E-state index in [4.69, 9.17) is 9.68 Å². The lowest BCUT2D eigenvalue weighted by molar-refractivity contribution is 0.0951. The van der Waals surface area contributed by atoms with Crippen molar-refractivity contribution in [3.05, 3.63) is 89.8 Å². The third kappa shape index (κ3) is 3.42. The number of nitriles is 1. The second kappa shape index (κ2) is 7.14. The molecule has 0 radical (unpaired) electrons. The lowest BCUT2D eigenvalue weighted by Gasteiger charge is -2.07. The number of fused-ring (bicyclic) bond motifs is 1. The van der Waals surface area contributed by atoms with Gasteiger partial charge in [0.2, 0.25) is 0 Å². The molecule has 5 nitrogen and oxygen atoms in total. The minimum Gasteiger partial charge on any atom is -0.464 e. The number of benzene rings is 2. The number of furan rings is 1. The summed E-state index contributed by atoms with van der Waals surface area (Å²) in [5.74, 6) is -0.168. The van der Waals surface area contributed by atoms with Crippen molar-refractivity contribution in [3.63, 3.8) is 0 Å². The highest BCUT2D eigenvalue weighted by molar-refractivity contribution is 5.96. The van der Waals surface area contributed by atoms with E-state index in [9.17, 15) is 4.79 Å². The first-order valence-electron chi connectivity index (χ1n) is 8.44. The molecule has 2 aromatic carbocycles. The largest absolute Gasteiger partial charge is 0.464 e. The van der Waals surface area contributed by atoms with Gasteiger partial charge in [0, 0.05) is 29.3 Å². The number of carbonyl (C=O) groups excluding carboxylic acids is 1. The molecule has 0 bridgehead atoms. The van der Waals surface area contributed by atoms with E-state index < -0.39 is 0 Å². The van der Waals surface area contributed by atoms with Gasteiger partial charge in [-0.25, -0.2) is 0 Å². The van der Waals surface area contributed by atoms with Crippen LogP contribution in [0.2, 0.25) is 0 Å². The summed E-state index contributed by atoms with van der Waals surface area (Å²) < 4.78 is 5.41.